The number of para-hydroxylation sites is 1. The Hall–Kier alpha value is -3.31. The minimum Gasteiger partial charge on any atom is -0.503 e. The maximum absolute atomic E-state index is 13.0. The van der Waals surface area contributed by atoms with Crippen molar-refractivity contribution in [3.8, 4) is 0 Å². The Morgan fingerprint density at radius 2 is 1.70 bits per heavy atom. The molecule has 1 aliphatic heterocycles. The molecule has 134 valence electrons. The van der Waals surface area contributed by atoms with Gasteiger partial charge in [0.25, 0.3) is 5.91 Å². The van der Waals surface area contributed by atoms with Gasteiger partial charge in [0.2, 0.25) is 5.78 Å². The minimum atomic E-state index is -0.869. The van der Waals surface area contributed by atoms with Gasteiger partial charge in [-0.1, -0.05) is 48.0 Å². The van der Waals surface area contributed by atoms with Gasteiger partial charge in [-0.05, 0) is 35.9 Å². The highest BCUT2D eigenvalue weighted by molar-refractivity contribution is 6.32. The van der Waals surface area contributed by atoms with Crippen molar-refractivity contribution in [2.75, 3.05) is 4.90 Å². The zero-order valence-corrected chi connectivity index (χ0v) is 14.8. The van der Waals surface area contributed by atoms with E-state index in [9.17, 15) is 14.7 Å². The van der Waals surface area contributed by atoms with Crippen LogP contribution in [0.25, 0.3) is 0 Å². The molecule has 2 heterocycles. The van der Waals surface area contributed by atoms with E-state index in [2.05, 4.69) is 0 Å². The van der Waals surface area contributed by atoms with Gasteiger partial charge in [-0.3, -0.25) is 14.5 Å². The highest BCUT2D eigenvalue weighted by Crippen LogP contribution is 2.43. The van der Waals surface area contributed by atoms with Crippen molar-refractivity contribution >= 4 is 29.0 Å². The summed E-state index contributed by atoms with van der Waals surface area (Å²) in [5.74, 6) is -1.79. The van der Waals surface area contributed by atoms with Crippen LogP contribution in [0.3, 0.4) is 0 Å². The number of carbonyl (C=O) groups is 2. The van der Waals surface area contributed by atoms with Crippen LogP contribution in [0.15, 0.2) is 88.7 Å². The molecule has 5 nitrogen and oxygen atoms in total. The molecule has 0 spiro atoms. The number of rotatable bonds is 4. The first kappa shape index (κ1) is 17.1. The van der Waals surface area contributed by atoms with Crippen molar-refractivity contribution in [3.05, 3.63) is 101 Å². The highest BCUT2D eigenvalue weighted by atomic mass is 35.5. The predicted molar refractivity (Wildman–Crippen MR) is 101 cm³/mol. The van der Waals surface area contributed by atoms with Crippen LogP contribution in [0.5, 0.6) is 0 Å². The van der Waals surface area contributed by atoms with Crippen molar-refractivity contribution in [2.45, 2.75) is 6.04 Å². The molecule has 2 aromatic carbocycles. The van der Waals surface area contributed by atoms with Gasteiger partial charge in [0.15, 0.2) is 11.5 Å². The van der Waals surface area contributed by atoms with Gasteiger partial charge >= 0.3 is 0 Å². The Morgan fingerprint density at radius 1 is 1.00 bits per heavy atom. The first-order valence-electron chi connectivity index (χ1n) is 8.24. The summed E-state index contributed by atoms with van der Waals surface area (Å²) in [6.07, 6.45) is 1.36. The number of hydrogen-bond acceptors (Lipinski definition) is 4. The maximum Gasteiger partial charge on any atom is 0.294 e. The average molecular weight is 380 g/mol. The molecule has 0 bridgehead atoms. The Morgan fingerprint density at radius 3 is 2.37 bits per heavy atom. The van der Waals surface area contributed by atoms with E-state index in [1.807, 2.05) is 6.07 Å². The maximum atomic E-state index is 13.0. The lowest BCUT2D eigenvalue weighted by Crippen LogP contribution is -2.31. The Labute approximate surface area is 160 Å². The Bertz CT molecular complexity index is 1040. The largest absolute Gasteiger partial charge is 0.503 e. The van der Waals surface area contributed by atoms with Crippen molar-refractivity contribution in [1.29, 1.82) is 0 Å². The van der Waals surface area contributed by atoms with Gasteiger partial charge in [0.05, 0.1) is 17.9 Å². The number of anilines is 1. The molecule has 4 rings (SSSR count). The zero-order valence-electron chi connectivity index (χ0n) is 14.0. The van der Waals surface area contributed by atoms with Gasteiger partial charge in [-0.15, -0.1) is 0 Å². The predicted octanol–water partition coefficient (Wildman–Crippen LogP) is 4.72. The second-order valence-corrected chi connectivity index (χ2v) is 6.41. The molecule has 1 N–H and O–H groups in total. The van der Waals surface area contributed by atoms with E-state index in [0.29, 0.717) is 16.3 Å². The van der Waals surface area contributed by atoms with Crippen LogP contribution in [-0.2, 0) is 4.79 Å². The molecule has 1 aliphatic rings. The molecule has 1 atom stereocenters. The standard InChI is InChI=1S/C21H14ClNO4/c22-15-10-5-4-9-14(15)18-17(19(24)16-11-6-12-27-16)20(25)21(26)23(18)13-7-2-1-3-8-13/h1-12,18,25H. The number of carbonyl (C=O) groups excluding carboxylic acids is 2. The lowest BCUT2D eigenvalue weighted by Gasteiger charge is -2.27. The third kappa shape index (κ3) is 2.82. The van der Waals surface area contributed by atoms with Crippen molar-refractivity contribution in [2.24, 2.45) is 0 Å². The van der Waals surface area contributed by atoms with Crippen LogP contribution in [-0.4, -0.2) is 16.8 Å². The fraction of sp³-hybridized carbons (Fsp3) is 0.0476. The van der Waals surface area contributed by atoms with E-state index in [4.69, 9.17) is 16.0 Å². The number of hydrogen-bond donors (Lipinski definition) is 1. The second-order valence-electron chi connectivity index (χ2n) is 6.00. The van der Waals surface area contributed by atoms with Crippen LogP contribution in [0.4, 0.5) is 5.69 Å². The molecule has 1 aromatic heterocycles. The third-order valence-electron chi connectivity index (χ3n) is 4.43. The molecule has 0 aliphatic carbocycles. The van der Waals surface area contributed by atoms with E-state index < -0.39 is 23.5 Å². The number of furan rings is 1. The molecule has 1 amide bonds. The highest BCUT2D eigenvalue weighted by Gasteiger charge is 2.45. The van der Waals surface area contributed by atoms with Crippen LogP contribution in [0.2, 0.25) is 5.02 Å². The lowest BCUT2D eigenvalue weighted by atomic mass is 9.94. The van der Waals surface area contributed by atoms with Crippen LogP contribution in [0.1, 0.15) is 22.2 Å². The molecule has 6 heteroatoms. The van der Waals surface area contributed by atoms with E-state index in [1.54, 1.807) is 54.6 Å². The summed E-state index contributed by atoms with van der Waals surface area (Å²) < 4.78 is 5.19. The molecule has 0 saturated carbocycles. The normalized spacial score (nSPS) is 16.9. The summed E-state index contributed by atoms with van der Waals surface area (Å²) in [6, 6.07) is 17.9. The van der Waals surface area contributed by atoms with Crippen LogP contribution >= 0.6 is 11.6 Å². The van der Waals surface area contributed by atoms with E-state index in [-0.39, 0.29) is 11.3 Å². The zero-order chi connectivity index (χ0) is 19.0. The molecular weight excluding hydrogens is 366 g/mol. The van der Waals surface area contributed by atoms with Crippen LogP contribution < -0.4 is 4.90 Å². The molecule has 3 aromatic rings. The summed E-state index contributed by atoms with van der Waals surface area (Å²) in [5, 5.41) is 10.9. The first-order valence-corrected chi connectivity index (χ1v) is 8.61. The molecule has 0 fully saturated rings. The number of nitrogens with zero attached hydrogens (tertiary/aromatic N) is 1. The fourth-order valence-corrected chi connectivity index (χ4v) is 3.46. The smallest absolute Gasteiger partial charge is 0.294 e. The van der Waals surface area contributed by atoms with Gasteiger partial charge < -0.3 is 9.52 Å². The summed E-state index contributed by atoms with van der Waals surface area (Å²) >= 11 is 6.37. The SMILES string of the molecule is O=C(C1=C(O)C(=O)N(c2ccccc2)C1c1ccccc1Cl)c1ccco1. The molecular formula is C21H14ClNO4. The summed E-state index contributed by atoms with van der Waals surface area (Å²) in [7, 11) is 0. The second kappa shape index (κ2) is 6.78. The number of ketones is 1. The fourth-order valence-electron chi connectivity index (χ4n) is 3.22. The minimum absolute atomic E-state index is 0.0383. The summed E-state index contributed by atoms with van der Waals surface area (Å²) in [4.78, 5) is 27.2. The topological polar surface area (TPSA) is 70.8 Å². The molecule has 0 saturated heterocycles. The third-order valence-corrected chi connectivity index (χ3v) is 4.78. The lowest BCUT2D eigenvalue weighted by molar-refractivity contribution is -0.117. The van der Waals surface area contributed by atoms with Crippen LogP contribution in [0, 0.1) is 0 Å². The Kier molecular flexibility index (Phi) is 4.30. The number of benzene rings is 2. The van der Waals surface area contributed by atoms with Gasteiger partial charge in [-0.25, -0.2) is 0 Å². The first-order chi connectivity index (χ1) is 13.1. The number of aliphatic hydroxyl groups is 1. The molecule has 27 heavy (non-hydrogen) atoms. The summed E-state index contributed by atoms with van der Waals surface area (Å²) in [6.45, 7) is 0. The Balaban J connectivity index is 1.92. The number of Topliss-reactive ketones (excluding diaryl/α,β-unsaturated/α-hetero) is 1. The molecule has 0 radical (unpaired) electrons. The van der Waals surface area contributed by atoms with Gasteiger partial charge in [-0.2, -0.15) is 0 Å². The number of amides is 1. The van der Waals surface area contributed by atoms with Crippen molar-refractivity contribution < 1.29 is 19.1 Å². The van der Waals surface area contributed by atoms with Gasteiger partial charge in [0.1, 0.15) is 0 Å². The van der Waals surface area contributed by atoms with Crippen molar-refractivity contribution in [3.63, 3.8) is 0 Å². The van der Waals surface area contributed by atoms with E-state index in [0.717, 1.165) is 0 Å². The van der Waals surface area contributed by atoms with Gasteiger partial charge in [0, 0.05) is 10.7 Å². The quantitative estimate of drug-likeness (QED) is 0.666. The van der Waals surface area contributed by atoms with E-state index in [1.165, 1.54) is 17.2 Å². The monoisotopic (exact) mass is 379 g/mol. The summed E-state index contributed by atoms with van der Waals surface area (Å²) in [5.41, 5.74) is 1.02. The van der Waals surface area contributed by atoms with E-state index >= 15 is 0 Å². The van der Waals surface area contributed by atoms with Crippen molar-refractivity contribution in [1.82, 2.24) is 0 Å². The molecule has 1 unspecified atom stereocenters. The number of aliphatic hydroxyl groups excluding tert-OH is 1. The number of halogens is 1. The average Bonchev–Trinajstić information content (AvgIpc) is 3.30.